The lowest BCUT2D eigenvalue weighted by molar-refractivity contribution is 0.0715. The SMILES string of the molecule is CC1CCCC(C(O)c2ccc(Cl)cc2Cl)C1. The highest BCUT2D eigenvalue weighted by Crippen LogP contribution is 2.39. The van der Waals surface area contributed by atoms with Crippen LogP contribution in [0.4, 0.5) is 0 Å². The fourth-order valence-corrected chi connectivity index (χ4v) is 3.28. The van der Waals surface area contributed by atoms with Crippen molar-refractivity contribution in [2.45, 2.75) is 38.7 Å². The summed E-state index contributed by atoms with van der Waals surface area (Å²) < 4.78 is 0. The molecule has 3 unspecified atom stereocenters. The first-order valence-electron chi connectivity index (χ1n) is 6.21. The van der Waals surface area contributed by atoms with Gasteiger partial charge in [-0.2, -0.15) is 0 Å². The lowest BCUT2D eigenvalue weighted by Gasteiger charge is -2.31. The second kappa shape index (κ2) is 5.60. The summed E-state index contributed by atoms with van der Waals surface area (Å²) in [6.07, 6.45) is 4.19. The Kier molecular flexibility index (Phi) is 4.35. The molecule has 1 N–H and O–H groups in total. The molecule has 1 aliphatic rings. The minimum absolute atomic E-state index is 0.331. The molecule has 1 aliphatic carbocycles. The third-order valence-electron chi connectivity index (χ3n) is 3.70. The molecule has 0 saturated heterocycles. The Morgan fingerprint density at radius 1 is 1.29 bits per heavy atom. The number of rotatable bonds is 2. The van der Waals surface area contributed by atoms with E-state index in [1.54, 1.807) is 12.1 Å². The van der Waals surface area contributed by atoms with Crippen molar-refractivity contribution < 1.29 is 5.11 Å². The maximum atomic E-state index is 10.4. The van der Waals surface area contributed by atoms with Crippen molar-refractivity contribution in [3.05, 3.63) is 33.8 Å². The molecule has 2 rings (SSSR count). The summed E-state index contributed by atoms with van der Waals surface area (Å²) >= 11 is 12.0. The Bertz CT molecular complexity index is 392. The van der Waals surface area contributed by atoms with E-state index >= 15 is 0 Å². The Morgan fingerprint density at radius 2 is 2.06 bits per heavy atom. The Balaban J connectivity index is 2.15. The van der Waals surface area contributed by atoms with Crippen LogP contribution in [0.5, 0.6) is 0 Å². The summed E-state index contributed by atoms with van der Waals surface area (Å²) in [7, 11) is 0. The molecule has 0 amide bonds. The van der Waals surface area contributed by atoms with Gasteiger partial charge in [-0.25, -0.2) is 0 Å². The first kappa shape index (κ1) is 13.2. The van der Waals surface area contributed by atoms with Gasteiger partial charge < -0.3 is 5.11 Å². The zero-order valence-electron chi connectivity index (χ0n) is 10.00. The van der Waals surface area contributed by atoms with E-state index in [-0.39, 0.29) is 0 Å². The molecule has 3 heteroatoms. The molecule has 1 saturated carbocycles. The highest BCUT2D eigenvalue weighted by atomic mass is 35.5. The van der Waals surface area contributed by atoms with Crippen LogP contribution in [0.15, 0.2) is 18.2 Å². The molecule has 17 heavy (non-hydrogen) atoms. The molecule has 94 valence electrons. The minimum atomic E-state index is -0.456. The fraction of sp³-hybridized carbons (Fsp3) is 0.571. The van der Waals surface area contributed by atoms with E-state index in [1.807, 2.05) is 6.07 Å². The van der Waals surface area contributed by atoms with Crippen LogP contribution in [0.3, 0.4) is 0 Å². The maximum Gasteiger partial charge on any atom is 0.0832 e. The number of benzene rings is 1. The molecule has 0 aliphatic heterocycles. The lowest BCUT2D eigenvalue weighted by Crippen LogP contribution is -2.20. The summed E-state index contributed by atoms with van der Waals surface area (Å²) in [5, 5.41) is 11.6. The van der Waals surface area contributed by atoms with Crippen LogP contribution >= 0.6 is 23.2 Å². The van der Waals surface area contributed by atoms with Crippen molar-refractivity contribution in [3.8, 4) is 0 Å². The predicted molar refractivity (Wildman–Crippen MR) is 72.5 cm³/mol. The summed E-state index contributed by atoms with van der Waals surface area (Å²) in [5.41, 5.74) is 0.815. The van der Waals surface area contributed by atoms with Crippen molar-refractivity contribution in [1.29, 1.82) is 0 Å². The summed E-state index contributed by atoms with van der Waals surface area (Å²) in [4.78, 5) is 0. The molecule has 0 heterocycles. The normalized spacial score (nSPS) is 26.8. The molecular formula is C14H18Cl2O. The fourth-order valence-electron chi connectivity index (χ4n) is 2.76. The van der Waals surface area contributed by atoms with Gasteiger partial charge in [0.15, 0.2) is 0 Å². The topological polar surface area (TPSA) is 20.2 Å². The van der Waals surface area contributed by atoms with Crippen molar-refractivity contribution in [1.82, 2.24) is 0 Å². The van der Waals surface area contributed by atoms with Gasteiger partial charge in [0.05, 0.1) is 6.10 Å². The van der Waals surface area contributed by atoms with Gasteiger partial charge in [0.25, 0.3) is 0 Å². The van der Waals surface area contributed by atoms with Gasteiger partial charge in [-0.15, -0.1) is 0 Å². The standard InChI is InChI=1S/C14H18Cl2O/c1-9-3-2-4-10(7-9)14(17)12-6-5-11(15)8-13(12)16/h5-6,8-10,14,17H,2-4,7H2,1H3. The van der Waals surface area contributed by atoms with Gasteiger partial charge in [-0.05, 0) is 42.4 Å². The molecule has 0 radical (unpaired) electrons. The smallest absolute Gasteiger partial charge is 0.0832 e. The molecule has 3 atom stereocenters. The van der Waals surface area contributed by atoms with Gasteiger partial charge >= 0.3 is 0 Å². The average molecular weight is 273 g/mol. The molecule has 0 aromatic heterocycles. The van der Waals surface area contributed by atoms with Crippen LogP contribution < -0.4 is 0 Å². The molecule has 1 nitrogen and oxygen atoms in total. The van der Waals surface area contributed by atoms with E-state index in [4.69, 9.17) is 23.2 Å². The molecule has 0 spiro atoms. The van der Waals surface area contributed by atoms with Gasteiger partial charge in [-0.1, -0.05) is 49.0 Å². The maximum absolute atomic E-state index is 10.4. The molecular weight excluding hydrogens is 255 g/mol. The minimum Gasteiger partial charge on any atom is -0.388 e. The predicted octanol–water partition coefficient (Wildman–Crippen LogP) is 4.85. The second-order valence-corrected chi connectivity index (χ2v) is 5.99. The van der Waals surface area contributed by atoms with Crippen LogP contribution in [0.2, 0.25) is 10.0 Å². The molecule has 1 aromatic carbocycles. The number of aliphatic hydroxyl groups is 1. The monoisotopic (exact) mass is 272 g/mol. The van der Waals surface area contributed by atoms with Gasteiger partial charge in [0.1, 0.15) is 0 Å². The van der Waals surface area contributed by atoms with E-state index in [1.165, 1.54) is 12.8 Å². The van der Waals surface area contributed by atoms with E-state index in [0.717, 1.165) is 18.4 Å². The Labute approximate surface area is 113 Å². The van der Waals surface area contributed by atoms with Gasteiger partial charge in [0, 0.05) is 10.0 Å². The Hall–Kier alpha value is -0.240. The third kappa shape index (κ3) is 3.15. The highest BCUT2D eigenvalue weighted by Gasteiger charge is 2.27. The van der Waals surface area contributed by atoms with E-state index in [2.05, 4.69) is 6.92 Å². The largest absolute Gasteiger partial charge is 0.388 e. The lowest BCUT2D eigenvalue weighted by atomic mass is 9.78. The van der Waals surface area contributed by atoms with Crippen molar-refractivity contribution in [3.63, 3.8) is 0 Å². The zero-order chi connectivity index (χ0) is 12.4. The molecule has 1 aromatic rings. The summed E-state index contributed by atoms with van der Waals surface area (Å²) in [6, 6.07) is 5.33. The Morgan fingerprint density at radius 3 is 2.71 bits per heavy atom. The molecule has 0 bridgehead atoms. The highest BCUT2D eigenvalue weighted by molar-refractivity contribution is 6.35. The number of halogens is 2. The average Bonchev–Trinajstić information content (AvgIpc) is 2.28. The van der Waals surface area contributed by atoms with E-state index in [9.17, 15) is 5.11 Å². The summed E-state index contributed by atoms with van der Waals surface area (Å²) in [6.45, 7) is 2.25. The quantitative estimate of drug-likeness (QED) is 0.816. The number of hydrogen-bond acceptors (Lipinski definition) is 1. The van der Waals surface area contributed by atoms with Gasteiger partial charge in [0.2, 0.25) is 0 Å². The number of hydrogen-bond donors (Lipinski definition) is 1. The van der Waals surface area contributed by atoms with Crippen LogP contribution in [0.25, 0.3) is 0 Å². The van der Waals surface area contributed by atoms with Crippen LogP contribution in [0, 0.1) is 11.8 Å². The van der Waals surface area contributed by atoms with Crippen molar-refractivity contribution in [2.24, 2.45) is 11.8 Å². The van der Waals surface area contributed by atoms with Crippen LogP contribution in [-0.2, 0) is 0 Å². The third-order valence-corrected chi connectivity index (χ3v) is 4.27. The van der Waals surface area contributed by atoms with E-state index in [0.29, 0.717) is 21.9 Å². The van der Waals surface area contributed by atoms with Gasteiger partial charge in [-0.3, -0.25) is 0 Å². The molecule has 1 fully saturated rings. The van der Waals surface area contributed by atoms with E-state index < -0.39 is 6.10 Å². The van der Waals surface area contributed by atoms with Crippen molar-refractivity contribution >= 4 is 23.2 Å². The second-order valence-electron chi connectivity index (χ2n) is 5.14. The first-order chi connectivity index (χ1) is 8.08. The zero-order valence-corrected chi connectivity index (χ0v) is 11.5. The van der Waals surface area contributed by atoms with Crippen LogP contribution in [-0.4, -0.2) is 5.11 Å². The first-order valence-corrected chi connectivity index (χ1v) is 6.96. The van der Waals surface area contributed by atoms with Crippen LogP contribution in [0.1, 0.15) is 44.3 Å². The summed E-state index contributed by atoms with van der Waals surface area (Å²) in [5.74, 6) is 1.03. The number of aliphatic hydroxyl groups excluding tert-OH is 1. The van der Waals surface area contributed by atoms with Crippen molar-refractivity contribution in [2.75, 3.05) is 0 Å².